The normalized spacial score (nSPS) is 4.78. The van der Waals surface area contributed by atoms with Crippen LogP contribution in [0.4, 0.5) is 0 Å². The average Bonchev–Trinajstić information content (AvgIpc) is 1.97. The van der Waals surface area contributed by atoms with Crippen LogP contribution in [0.1, 0.15) is 20.8 Å². The Morgan fingerprint density at radius 3 is 1.33 bits per heavy atom. The quantitative estimate of drug-likeness (QED) is 0.372. The van der Waals surface area contributed by atoms with Crippen LogP contribution in [0.15, 0.2) is 38.0 Å². The summed E-state index contributed by atoms with van der Waals surface area (Å²) in [7, 11) is 0. The third-order valence-corrected chi connectivity index (χ3v) is 0.348. The second-order valence-electron chi connectivity index (χ2n) is 1.05. The van der Waals surface area contributed by atoms with Crippen LogP contribution in [0.2, 0.25) is 0 Å². The lowest BCUT2D eigenvalue weighted by atomic mass is 10.4. The summed E-state index contributed by atoms with van der Waals surface area (Å²) in [6, 6.07) is 0. The fourth-order valence-electron chi connectivity index (χ4n) is 0. The van der Waals surface area contributed by atoms with Crippen LogP contribution in [0, 0.1) is 0 Å². The Labute approximate surface area is 59.6 Å². The first-order valence-electron chi connectivity index (χ1n) is 3.05. The van der Waals surface area contributed by atoms with E-state index in [2.05, 4.69) is 26.3 Å². The standard InChI is InChI=1S/C5H8.C2H6.C2H4/c1-4-5(2)3;2*1-2/h4H,1-2H2,3H3;1-2H3;1-2H2. The van der Waals surface area contributed by atoms with E-state index in [0.717, 1.165) is 5.57 Å². The Hall–Kier alpha value is -0.780. The van der Waals surface area contributed by atoms with Crippen LogP contribution in [-0.4, -0.2) is 0 Å². The van der Waals surface area contributed by atoms with Crippen LogP contribution in [0.3, 0.4) is 0 Å². The average molecular weight is 126 g/mol. The molecule has 9 heavy (non-hydrogen) atoms. The molecule has 0 heterocycles. The van der Waals surface area contributed by atoms with Crippen LogP contribution < -0.4 is 0 Å². The first-order chi connectivity index (χ1) is 4.27. The third kappa shape index (κ3) is 132. The van der Waals surface area contributed by atoms with Crippen molar-refractivity contribution in [2.45, 2.75) is 20.8 Å². The highest BCUT2D eigenvalue weighted by Gasteiger charge is 1.59. The minimum Gasteiger partial charge on any atom is -0.106 e. The molecule has 0 aliphatic heterocycles. The van der Waals surface area contributed by atoms with Gasteiger partial charge in [-0.3, -0.25) is 0 Å². The highest BCUT2D eigenvalue weighted by atomic mass is 13.7. The molecule has 0 heteroatoms. The molecule has 0 aromatic rings. The van der Waals surface area contributed by atoms with Gasteiger partial charge in [0.05, 0.1) is 0 Å². The minimum atomic E-state index is 1.02. The molecule has 0 aliphatic carbocycles. The molecular formula is C9H18. The predicted molar refractivity (Wildman–Crippen MR) is 47.6 cm³/mol. The molecule has 0 bridgehead atoms. The van der Waals surface area contributed by atoms with E-state index in [1.165, 1.54) is 0 Å². The largest absolute Gasteiger partial charge is 0.106 e. The minimum absolute atomic E-state index is 1.02. The summed E-state index contributed by atoms with van der Waals surface area (Å²) in [6.45, 7) is 18.9. The maximum atomic E-state index is 3.56. The number of hydrogen-bond acceptors (Lipinski definition) is 0. The molecule has 0 amide bonds. The molecule has 0 aliphatic rings. The first kappa shape index (κ1) is 15.7. The van der Waals surface area contributed by atoms with Crippen molar-refractivity contribution in [3.8, 4) is 0 Å². The Kier molecular flexibility index (Phi) is 47.1. The van der Waals surface area contributed by atoms with Gasteiger partial charge in [-0.2, -0.15) is 0 Å². The van der Waals surface area contributed by atoms with E-state index in [1.54, 1.807) is 6.08 Å². The maximum absolute atomic E-state index is 3.56. The predicted octanol–water partition coefficient (Wildman–Crippen LogP) is 3.58. The summed E-state index contributed by atoms with van der Waals surface area (Å²) in [5.74, 6) is 0. The van der Waals surface area contributed by atoms with E-state index in [-0.39, 0.29) is 0 Å². The van der Waals surface area contributed by atoms with Gasteiger partial charge < -0.3 is 0 Å². The van der Waals surface area contributed by atoms with Gasteiger partial charge in [0.25, 0.3) is 0 Å². The van der Waals surface area contributed by atoms with Crippen LogP contribution in [-0.2, 0) is 0 Å². The summed E-state index contributed by atoms with van der Waals surface area (Å²) in [4.78, 5) is 0. The Bertz CT molecular complexity index is 60.4. The molecule has 0 saturated carbocycles. The van der Waals surface area contributed by atoms with Gasteiger partial charge >= 0.3 is 0 Å². The molecule has 54 valence electrons. The second kappa shape index (κ2) is 26.9. The van der Waals surface area contributed by atoms with Crippen molar-refractivity contribution < 1.29 is 0 Å². The van der Waals surface area contributed by atoms with Gasteiger partial charge in [0.15, 0.2) is 0 Å². The zero-order valence-electron chi connectivity index (χ0n) is 6.91. The van der Waals surface area contributed by atoms with Crippen molar-refractivity contribution >= 4 is 0 Å². The van der Waals surface area contributed by atoms with Crippen molar-refractivity contribution in [2.24, 2.45) is 0 Å². The molecule has 0 saturated heterocycles. The van der Waals surface area contributed by atoms with Gasteiger partial charge in [-0.25, -0.2) is 0 Å². The lowest BCUT2D eigenvalue weighted by Crippen LogP contribution is -1.50. The monoisotopic (exact) mass is 126 g/mol. The van der Waals surface area contributed by atoms with E-state index in [0.29, 0.717) is 0 Å². The van der Waals surface area contributed by atoms with Crippen molar-refractivity contribution in [1.29, 1.82) is 0 Å². The molecule has 0 nitrogen and oxygen atoms in total. The molecule has 0 N–H and O–H groups in total. The molecule has 0 rings (SSSR count). The summed E-state index contributed by atoms with van der Waals surface area (Å²) >= 11 is 0. The molecule has 0 fully saturated rings. The third-order valence-electron chi connectivity index (χ3n) is 0.348. The SMILES string of the molecule is C=C.C=CC(=C)C.CC. The second-order valence-corrected chi connectivity index (χ2v) is 1.05. The topological polar surface area (TPSA) is 0 Å². The van der Waals surface area contributed by atoms with Gasteiger partial charge in [0.2, 0.25) is 0 Å². The number of allylic oxidation sites excluding steroid dienone is 2. The van der Waals surface area contributed by atoms with Crippen molar-refractivity contribution in [2.75, 3.05) is 0 Å². The van der Waals surface area contributed by atoms with Crippen molar-refractivity contribution in [3.63, 3.8) is 0 Å². The van der Waals surface area contributed by atoms with Crippen LogP contribution in [0.25, 0.3) is 0 Å². The van der Waals surface area contributed by atoms with E-state index >= 15 is 0 Å². The maximum Gasteiger partial charge on any atom is -0.0404 e. The Morgan fingerprint density at radius 2 is 1.33 bits per heavy atom. The van der Waals surface area contributed by atoms with Crippen LogP contribution in [0.5, 0.6) is 0 Å². The fraction of sp³-hybridized carbons (Fsp3) is 0.333. The first-order valence-corrected chi connectivity index (χ1v) is 3.05. The Balaban J connectivity index is -0.0000000771. The van der Waals surface area contributed by atoms with E-state index in [1.807, 2.05) is 20.8 Å². The van der Waals surface area contributed by atoms with E-state index in [9.17, 15) is 0 Å². The van der Waals surface area contributed by atoms with Crippen molar-refractivity contribution in [1.82, 2.24) is 0 Å². The van der Waals surface area contributed by atoms with Crippen molar-refractivity contribution in [3.05, 3.63) is 38.0 Å². The zero-order chi connectivity index (χ0) is 8.28. The molecule has 0 aromatic heterocycles. The van der Waals surface area contributed by atoms with E-state index in [4.69, 9.17) is 0 Å². The molecule has 0 atom stereocenters. The van der Waals surface area contributed by atoms with Gasteiger partial charge in [0.1, 0.15) is 0 Å². The number of hydrogen-bond donors (Lipinski definition) is 0. The van der Waals surface area contributed by atoms with Gasteiger partial charge in [-0.1, -0.05) is 38.7 Å². The zero-order valence-corrected chi connectivity index (χ0v) is 6.91. The van der Waals surface area contributed by atoms with Crippen LogP contribution >= 0.6 is 0 Å². The highest BCUT2D eigenvalue weighted by molar-refractivity contribution is 5.05. The lowest BCUT2D eigenvalue weighted by Gasteiger charge is -1.71. The molecule has 0 radical (unpaired) electrons. The molecule has 0 aromatic carbocycles. The lowest BCUT2D eigenvalue weighted by molar-refractivity contribution is 1.50. The molecule has 0 spiro atoms. The Morgan fingerprint density at radius 1 is 1.22 bits per heavy atom. The molecular weight excluding hydrogens is 108 g/mol. The van der Waals surface area contributed by atoms with Gasteiger partial charge in [-0.05, 0) is 6.92 Å². The summed E-state index contributed by atoms with van der Waals surface area (Å²) in [6.07, 6.45) is 1.72. The molecule has 0 unspecified atom stereocenters. The number of rotatable bonds is 1. The van der Waals surface area contributed by atoms with Gasteiger partial charge in [-0.15, -0.1) is 13.2 Å². The summed E-state index contributed by atoms with van der Waals surface area (Å²) < 4.78 is 0. The van der Waals surface area contributed by atoms with Gasteiger partial charge in [0, 0.05) is 0 Å². The highest BCUT2D eigenvalue weighted by Crippen LogP contribution is 1.81. The summed E-state index contributed by atoms with van der Waals surface area (Å²) in [5, 5.41) is 0. The fourth-order valence-corrected chi connectivity index (χ4v) is 0. The van der Waals surface area contributed by atoms with E-state index < -0.39 is 0 Å². The summed E-state index contributed by atoms with van der Waals surface area (Å²) in [5.41, 5.74) is 1.02. The smallest absolute Gasteiger partial charge is 0.0404 e.